The minimum Gasteiger partial charge on any atom is -0.508 e. The number of benzene rings is 3. The van der Waals surface area contributed by atoms with Gasteiger partial charge in [-0.25, -0.2) is 4.79 Å². The maximum atomic E-state index is 14.2. The van der Waals surface area contributed by atoms with E-state index in [1.165, 1.54) is 25.3 Å². The Bertz CT molecular complexity index is 1480. The summed E-state index contributed by atoms with van der Waals surface area (Å²) in [6.07, 6.45) is -0.924. The Labute approximate surface area is 250 Å². The van der Waals surface area contributed by atoms with Crippen LogP contribution in [0, 0.1) is 18.3 Å². The van der Waals surface area contributed by atoms with Crippen LogP contribution in [0.2, 0.25) is 0 Å². The molecule has 2 atom stereocenters. The van der Waals surface area contributed by atoms with Gasteiger partial charge >= 0.3 is 6.09 Å². The fourth-order valence-electron chi connectivity index (χ4n) is 4.33. The number of aryl methyl sites for hydroxylation is 1. The molecular weight excluding hydrogens is 552 g/mol. The number of alkyl carbamates (subject to hydrolysis) is 1. The number of para-hydroxylation sites is 1. The van der Waals surface area contributed by atoms with Gasteiger partial charge in [0.15, 0.2) is 0 Å². The SMILES string of the molecule is COc1ccc(NC(=O)C(c2cccc(C)c2O)N(CC#N)C(=O)C(Cc2ccc(O)cc2)NC(=O)OC(C)(C)C)cc1. The summed E-state index contributed by atoms with van der Waals surface area (Å²) in [6, 6.07) is 16.5. The molecule has 0 fully saturated rings. The molecule has 0 saturated heterocycles. The van der Waals surface area contributed by atoms with Crippen molar-refractivity contribution in [1.82, 2.24) is 10.2 Å². The van der Waals surface area contributed by atoms with Crippen LogP contribution in [0.3, 0.4) is 0 Å². The number of rotatable bonds is 10. The van der Waals surface area contributed by atoms with E-state index in [0.29, 0.717) is 22.6 Å². The van der Waals surface area contributed by atoms with Crippen LogP contribution in [0.15, 0.2) is 66.7 Å². The van der Waals surface area contributed by atoms with Gasteiger partial charge in [0.25, 0.3) is 5.91 Å². The Balaban J connectivity index is 2.08. The predicted octanol–water partition coefficient (Wildman–Crippen LogP) is 4.58. The number of nitrogens with zero attached hydrogens (tertiary/aromatic N) is 2. The van der Waals surface area contributed by atoms with E-state index in [0.717, 1.165) is 4.90 Å². The second-order valence-electron chi connectivity index (χ2n) is 10.8. The molecule has 0 radical (unpaired) electrons. The fourth-order valence-corrected chi connectivity index (χ4v) is 4.33. The van der Waals surface area contributed by atoms with E-state index in [2.05, 4.69) is 10.6 Å². The van der Waals surface area contributed by atoms with Crippen molar-refractivity contribution in [2.24, 2.45) is 0 Å². The highest BCUT2D eigenvalue weighted by molar-refractivity contribution is 5.99. The number of carbonyl (C=O) groups excluding carboxylic acids is 3. The standard InChI is InChI=1S/C32H36N4O7/c1-20-7-6-8-25(28(20)38)27(29(39)34-22-11-15-24(42-5)16-12-22)36(18-17-33)30(40)26(35-31(41)43-32(2,3)4)19-21-9-13-23(37)14-10-21/h6-16,26-27,37-38H,18-19H2,1-5H3,(H,34,39)(H,35,41). The first kappa shape index (κ1) is 32.3. The van der Waals surface area contributed by atoms with Gasteiger partial charge in [-0.2, -0.15) is 5.26 Å². The quantitative estimate of drug-likeness (QED) is 0.250. The van der Waals surface area contributed by atoms with Crippen molar-refractivity contribution in [2.45, 2.75) is 51.8 Å². The summed E-state index contributed by atoms with van der Waals surface area (Å²) in [4.78, 5) is 42.0. The van der Waals surface area contributed by atoms with Crippen LogP contribution in [0.25, 0.3) is 0 Å². The number of ether oxygens (including phenoxy) is 2. The Morgan fingerprint density at radius 3 is 2.23 bits per heavy atom. The van der Waals surface area contributed by atoms with Gasteiger partial charge in [0.2, 0.25) is 5.91 Å². The first-order valence-corrected chi connectivity index (χ1v) is 13.5. The zero-order valence-corrected chi connectivity index (χ0v) is 24.7. The van der Waals surface area contributed by atoms with Crippen molar-refractivity contribution in [3.8, 4) is 23.3 Å². The number of aromatic hydroxyl groups is 2. The summed E-state index contributed by atoms with van der Waals surface area (Å²) in [6.45, 7) is 6.11. The van der Waals surface area contributed by atoms with Crippen LogP contribution in [0.1, 0.15) is 43.5 Å². The third-order valence-corrected chi connectivity index (χ3v) is 6.37. The summed E-state index contributed by atoms with van der Waals surface area (Å²) < 4.78 is 10.6. The van der Waals surface area contributed by atoms with Crippen LogP contribution in [0.5, 0.6) is 17.2 Å². The molecule has 0 saturated carbocycles. The average Bonchev–Trinajstić information content (AvgIpc) is 2.94. The number of hydrogen-bond donors (Lipinski definition) is 4. The van der Waals surface area contributed by atoms with Gasteiger partial charge in [0.1, 0.15) is 41.5 Å². The van der Waals surface area contributed by atoms with Crippen LogP contribution >= 0.6 is 0 Å². The van der Waals surface area contributed by atoms with Gasteiger partial charge in [-0.15, -0.1) is 0 Å². The molecule has 0 aliphatic rings. The topological polar surface area (TPSA) is 161 Å². The molecule has 3 amide bonds. The number of nitriles is 1. The van der Waals surface area contributed by atoms with Crippen molar-refractivity contribution in [3.63, 3.8) is 0 Å². The van der Waals surface area contributed by atoms with E-state index >= 15 is 0 Å². The highest BCUT2D eigenvalue weighted by Gasteiger charge is 2.38. The molecule has 0 bridgehead atoms. The lowest BCUT2D eigenvalue weighted by Crippen LogP contribution is -2.53. The minimum absolute atomic E-state index is 0.0167. The molecule has 0 aliphatic carbocycles. The maximum absolute atomic E-state index is 14.2. The Hall–Kier alpha value is -5.24. The molecule has 226 valence electrons. The molecule has 2 unspecified atom stereocenters. The maximum Gasteiger partial charge on any atom is 0.408 e. The highest BCUT2D eigenvalue weighted by Crippen LogP contribution is 2.33. The van der Waals surface area contributed by atoms with Crippen molar-refractivity contribution >= 4 is 23.6 Å². The van der Waals surface area contributed by atoms with Gasteiger partial charge in [-0.05, 0) is 75.2 Å². The predicted molar refractivity (Wildman–Crippen MR) is 160 cm³/mol. The Morgan fingerprint density at radius 1 is 1.00 bits per heavy atom. The van der Waals surface area contributed by atoms with Gasteiger partial charge in [0.05, 0.1) is 13.2 Å². The number of carbonyl (C=O) groups is 3. The Kier molecular flexibility index (Phi) is 10.6. The summed E-state index contributed by atoms with van der Waals surface area (Å²) in [7, 11) is 1.51. The van der Waals surface area contributed by atoms with Gasteiger partial charge in [0, 0.05) is 17.7 Å². The molecule has 0 aromatic heterocycles. The van der Waals surface area contributed by atoms with Crippen LogP contribution < -0.4 is 15.4 Å². The summed E-state index contributed by atoms with van der Waals surface area (Å²) in [5, 5.41) is 35.8. The van der Waals surface area contributed by atoms with Crippen molar-refractivity contribution < 1.29 is 34.1 Å². The normalized spacial score (nSPS) is 12.3. The largest absolute Gasteiger partial charge is 0.508 e. The third kappa shape index (κ3) is 8.87. The highest BCUT2D eigenvalue weighted by atomic mass is 16.6. The lowest BCUT2D eigenvalue weighted by Gasteiger charge is -2.33. The molecule has 0 aliphatic heterocycles. The molecule has 3 aromatic rings. The van der Waals surface area contributed by atoms with E-state index < -0.39 is 42.1 Å². The fraction of sp³-hybridized carbons (Fsp3) is 0.312. The molecule has 43 heavy (non-hydrogen) atoms. The molecule has 0 spiro atoms. The zero-order chi connectivity index (χ0) is 31.7. The van der Waals surface area contributed by atoms with Gasteiger partial charge in [-0.1, -0.05) is 30.3 Å². The van der Waals surface area contributed by atoms with Crippen LogP contribution in [0.4, 0.5) is 10.5 Å². The molecular formula is C32H36N4O7. The molecule has 4 N–H and O–H groups in total. The molecule has 3 aromatic carbocycles. The average molecular weight is 589 g/mol. The summed E-state index contributed by atoms with van der Waals surface area (Å²) in [5.41, 5.74) is 0.657. The minimum atomic E-state index is -1.46. The summed E-state index contributed by atoms with van der Waals surface area (Å²) >= 11 is 0. The lowest BCUT2D eigenvalue weighted by atomic mass is 9.98. The lowest BCUT2D eigenvalue weighted by molar-refractivity contribution is -0.140. The monoisotopic (exact) mass is 588 g/mol. The first-order valence-electron chi connectivity index (χ1n) is 13.5. The number of phenols is 2. The van der Waals surface area contributed by atoms with Crippen LogP contribution in [-0.2, 0) is 20.7 Å². The second-order valence-corrected chi connectivity index (χ2v) is 10.8. The molecule has 11 heteroatoms. The van der Waals surface area contributed by atoms with E-state index in [1.807, 2.05) is 6.07 Å². The van der Waals surface area contributed by atoms with Gasteiger partial charge < -0.3 is 35.2 Å². The van der Waals surface area contributed by atoms with E-state index in [9.17, 15) is 29.9 Å². The second kappa shape index (κ2) is 14.1. The van der Waals surface area contributed by atoms with Crippen molar-refractivity contribution in [1.29, 1.82) is 5.26 Å². The molecule has 11 nitrogen and oxygen atoms in total. The number of hydrogen-bond acceptors (Lipinski definition) is 8. The molecule has 0 heterocycles. The van der Waals surface area contributed by atoms with Crippen molar-refractivity contribution in [2.75, 3.05) is 19.0 Å². The number of nitrogens with one attached hydrogen (secondary N) is 2. The van der Waals surface area contributed by atoms with E-state index in [4.69, 9.17) is 9.47 Å². The zero-order valence-electron chi connectivity index (χ0n) is 24.7. The number of amides is 3. The number of methoxy groups -OCH3 is 1. The van der Waals surface area contributed by atoms with Crippen LogP contribution in [-0.4, -0.2) is 58.3 Å². The Morgan fingerprint density at radius 2 is 1.65 bits per heavy atom. The smallest absolute Gasteiger partial charge is 0.408 e. The number of anilines is 1. The van der Waals surface area contributed by atoms with Gasteiger partial charge in [-0.3, -0.25) is 9.59 Å². The molecule has 3 rings (SSSR count). The first-order chi connectivity index (χ1) is 20.3. The third-order valence-electron chi connectivity index (χ3n) is 6.37. The number of phenolic OH excluding ortho intramolecular Hbond substituents is 2. The summed E-state index contributed by atoms with van der Waals surface area (Å²) in [5.74, 6) is -1.10. The van der Waals surface area contributed by atoms with E-state index in [-0.39, 0.29) is 23.5 Å². The van der Waals surface area contributed by atoms with Crippen molar-refractivity contribution in [3.05, 3.63) is 83.4 Å². The van der Waals surface area contributed by atoms with E-state index in [1.54, 1.807) is 76.2 Å².